The van der Waals surface area contributed by atoms with Crippen molar-refractivity contribution in [1.29, 1.82) is 0 Å². The van der Waals surface area contributed by atoms with E-state index in [0.29, 0.717) is 30.2 Å². The molecule has 2 heterocycles. The first-order valence-electron chi connectivity index (χ1n) is 7.21. The Balaban J connectivity index is 1.71. The van der Waals surface area contributed by atoms with Crippen molar-refractivity contribution in [1.82, 2.24) is 0 Å². The number of hydrogen-bond acceptors (Lipinski definition) is 4. The van der Waals surface area contributed by atoms with Crippen LogP contribution in [0, 0.1) is 0 Å². The van der Waals surface area contributed by atoms with Gasteiger partial charge in [-0.25, -0.2) is 0 Å². The Morgan fingerprint density at radius 3 is 2.65 bits per heavy atom. The topological polar surface area (TPSA) is 59.9 Å². The Hall–Kier alpha value is -2.02. The number of ether oxygens (including phenoxy) is 2. The number of rotatable bonds is 2. The molecule has 23 heavy (non-hydrogen) atoms. The van der Waals surface area contributed by atoms with Gasteiger partial charge in [-0.15, -0.1) is 0 Å². The molecule has 1 spiro atoms. The van der Waals surface area contributed by atoms with Crippen molar-refractivity contribution >= 4 is 39.4 Å². The molecule has 1 amide bonds. The van der Waals surface area contributed by atoms with Gasteiger partial charge in [0.1, 0.15) is 0 Å². The van der Waals surface area contributed by atoms with Gasteiger partial charge in [0.2, 0.25) is 5.79 Å². The van der Waals surface area contributed by atoms with Gasteiger partial charge in [0, 0.05) is 15.6 Å². The molecule has 2 aliphatic rings. The molecule has 116 valence electrons. The fourth-order valence-electron chi connectivity index (χ4n) is 2.76. The second kappa shape index (κ2) is 5.56. The van der Waals surface area contributed by atoms with Gasteiger partial charge in [-0.1, -0.05) is 34.1 Å². The molecule has 2 aromatic carbocycles. The molecule has 4 rings (SSSR count). The van der Waals surface area contributed by atoms with Crippen molar-refractivity contribution in [3.63, 3.8) is 0 Å². The van der Waals surface area contributed by atoms with Gasteiger partial charge in [-0.05, 0) is 24.3 Å². The second-order valence-corrected chi connectivity index (χ2v) is 6.21. The molecule has 2 aliphatic heterocycles. The van der Waals surface area contributed by atoms with Gasteiger partial charge >= 0.3 is 0 Å². The number of aliphatic imine (C=N–C) groups is 1. The Morgan fingerprint density at radius 2 is 1.91 bits per heavy atom. The minimum Gasteiger partial charge on any atom is -0.339 e. The molecule has 5 nitrogen and oxygen atoms in total. The fraction of sp³-hybridized carbons (Fsp3) is 0.176. The van der Waals surface area contributed by atoms with Gasteiger partial charge in [0.15, 0.2) is 0 Å². The molecule has 1 N–H and O–H groups in total. The average molecular weight is 373 g/mol. The summed E-state index contributed by atoms with van der Waals surface area (Å²) in [5.74, 6) is -1.11. The van der Waals surface area contributed by atoms with E-state index in [0.717, 1.165) is 10.0 Å². The van der Waals surface area contributed by atoms with Crippen molar-refractivity contribution < 1.29 is 14.3 Å². The SMILES string of the molecule is O=C(Nc1cc(Br)cc2c1N=CC21OCCO1)c1ccccc1. The number of carbonyl (C=O) groups is 1. The number of hydrogen-bond donors (Lipinski definition) is 1. The summed E-state index contributed by atoms with van der Waals surface area (Å²) in [4.78, 5) is 16.8. The van der Waals surface area contributed by atoms with E-state index in [1.54, 1.807) is 18.3 Å². The maximum Gasteiger partial charge on any atom is 0.255 e. The highest BCUT2D eigenvalue weighted by Crippen LogP contribution is 2.46. The van der Waals surface area contributed by atoms with Crippen LogP contribution in [0.2, 0.25) is 0 Å². The molecular weight excluding hydrogens is 360 g/mol. The van der Waals surface area contributed by atoms with Crippen LogP contribution in [-0.2, 0) is 15.3 Å². The molecule has 6 heteroatoms. The molecule has 0 unspecified atom stereocenters. The third-order valence-corrected chi connectivity index (χ3v) is 4.27. The molecule has 0 saturated carbocycles. The van der Waals surface area contributed by atoms with E-state index in [2.05, 4.69) is 26.2 Å². The zero-order chi connectivity index (χ0) is 15.9. The molecular formula is C17H13BrN2O3. The third kappa shape index (κ3) is 2.49. The molecule has 1 saturated heterocycles. The highest BCUT2D eigenvalue weighted by Gasteiger charge is 2.43. The quantitative estimate of drug-likeness (QED) is 0.875. The maximum absolute atomic E-state index is 12.4. The number of nitrogens with zero attached hydrogens (tertiary/aromatic N) is 1. The molecule has 0 aliphatic carbocycles. The Labute approximate surface area is 141 Å². The number of amides is 1. The number of halogens is 1. The summed E-state index contributed by atoms with van der Waals surface area (Å²) in [5, 5.41) is 2.91. The van der Waals surface area contributed by atoms with Crippen LogP contribution in [0.4, 0.5) is 11.4 Å². The summed E-state index contributed by atoms with van der Waals surface area (Å²) in [6.45, 7) is 1.04. The first-order valence-corrected chi connectivity index (χ1v) is 8.01. The van der Waals surface area contributed by atoms with E-state index in [4.69, 9.17) is 9.47 Å². The van der Waals surface area contributed by atoms with E-state index in [1.807, 2.05) is 30.3 Å². The van der Waals surface area contributed by atoms with Crippen molar-refractivity contribution in [2.45, 2.75) is 5.79 Å². The first-order chi connectivity index (χ1) is 11.2. The zero-order valence-corrected chi connectivity index (χ0v) is 13.7. The van der Waals surface area contributed by atoms with Gasteiger partial charge in [0.05, 0.1) is 30.8 Å². The lowest BCUT2D eigenvalue weighted by atomic mass is 10.1. The van der Waals surface area contributed by atoms with Crippen molar-refractivity contribution in [2.75, 3.05) is 18.5 Å². The monoisotopic (exact) mass is 372 g/mol. The molecule has 0 radical (unpaired) electrons. The van der Waals surface area contributed by atoms with Gasteiger partial charge in [0.25, 0.3) is 5.91 Å². The van der Waals surface area contributed by atoms with Crippen LogP contribution in [0.25, 0.3) is 0 Å². The highest BCUT2D eigenvalue weighted by atomic mass is 79.9. The smallest absolute Gasteiger partial charge is 0.255 e. The van der Waals surface area contributed by atoms with E-state index >= 15 is 0 Å². The van der Waals surface area contributed by atoms with Crippen LogP contribution in [0.5, 0.6) is 0 Å². The molecule has 0 aromatic heterocycles. The van der Waals surface area contributed by atoms with Crippen LogP contribution < -0.4 is 5.32 Å². The maximum atomic E-state index is 12.4. The summed E-state index contributed by atoms with van der Waals surface area (Å²) < 4.78 is 12.3. The van der Waals surface area contributed by atoms with Crippen LogP contribution in [0.3, 0.4) is 0 Å². The lowest BCUT2D eigenvalue weighted by Crippen LogP contribution is -2.26. The predicted octanol–water partition coefficient (Wildman–Crippen LogP) is 3.62. The molecule has 2 aromatic rings. The standard InChI is InChI=1S/C17H13BrN2O3/c18-12-8-13-15(19-10-17(13)22-6-7-23-17)14(9-12)20-16(21)11-4-2-1-3-5-11/h1-5,8-10H,6-7H2,(H,20,21). The van der Waals surface area contributed by atoms with Crippen LogP contribution >= 0.6 is 15.9 Å². The minimum absolute atomic E-state index is 0.185. The highest BCUT2D eigenvalue weighted by molar-refractivity contribution is 9.10. The number of fused-ring (bicyclic) bond motifs is 2. The molecule has 0 bridgehead atoms. The number of anilines is 1. The van der Waals surface area contributed by atoms with E-state index in [1.165, 1.54) is 0 Å². The summed E-state index contributed by atoms with van der Waals surface area (Å²) in [6.07, 6.45) is 1.65. The van der Waals surface area contributed by atoms with E-state index in [-0.39, 0.29) is 5.91 Å². The first kappa shape index (κ1) is 14.6. The third-order valence-electron chi connectivity index (χ3n) is 3.81. The van der Waals surface area contributed by atoms with E-state index < -0.39 is 5.79 Å². The van der Waals surface area contributed by atoms with Gasteiger partial charge in [-0.3, -0.25) is 9.79 Å². The molecule has 1 fully saturated rings. The lowest BCUT2D eigenvalue weighted by molar-refractivity contribution is -0.0970. The summed E-state index contributed by atoms with van der Waals surface area (Å²) in [7, 11) is 0. The Morgan fingerprint density at radius 1 is 1.17 bits per heavy atom. The summed E-state index contributed by atoms with van der Waals surface area (Å²) in [5.41, 5.74) is 2.67. The summed E-state index contributed by atoms with van der Waals surface area (Å²) in [6, 6.07) is 12.8. The number of nitrogens with one attached hydrogen (secondary N) is 1. The minimum atomic E-state index is -0.925. The average Bonchev–Trinajstić information content (AvgIpc) is 3.17. The van der Waals surface area contributed by atoms with Gasteiger partial charge in [-0.2, -0.15) is 0 Å². The van der Waals surface area contributed by atoms with Crippen molar-refractivity contribution in [3.8, 4) is 0 Å². The largest absolute Gasteiger partial charge is 0.339 e. The van der Waals surface area contributed by atoms with Crippen molar-refractivity contribution in [3.05, 3.63) is 58.1 Å². The van der Waals surface area contributed by atoms with E-state index in [9.17, 15) is 4.79 Å². The van der Waals surface area contributed by atoms with Crippen molar-refractivity contribution in [2.24, 2.45) is 4.99 Å². The predicted molar refractivity (Wildman–Crippen MR) is 90.3 cm³/mol. The normalized spacial score (nSPS) is 17.4. The van der Waals surface area contributed by atoms with Crippen LogP contribution in [0.1, 0.15) is 15.9 Å². The Kier molecular flexibility index (Phi) is 3.52. The van der Waals surface area contributed by atoms with Crippen LogP contribution in [0.15, 0.2) is 51.9 Å². The zero-order valence-electron chi connectivity index (χ0n) is 12.1. The number of carbonyl (C=O) groups excluding carboxylic acids is 1. The number of benzene rings is 2. The fourth-order valence-corrected chi connectivity index (χ4v) is 3.22. The second-order valence-electron chi connectivity index (χ2n) is 5.29. The van der Waals surface area contributed by atoms with Crippen LogP contribution in [-0.4, -0.2) is 25.3 Å². The Bertz CT molecular complexity index is 799. The summed E-state index contributed by atoms with van der Waals surface area (Å²) >= 11 is 3.47. The molecule has 0 atom stereocenters. The van der Waals surface area contributed by atoms with Gasteiger partial charge < -0.3 is 14.8 Å². The lowest BCUT2D eigenvalue weighted by Gasteiger charge is -2.20.